The van der Waals surface area contributed by atoms with Crippen LogP contribution in [0, 0.1) is 6.92 Å². The van der Waals surface area contributed by atoms with E-state index in [9.17, 15) is 0 Å². The van der Waals surface area contributed by atoms with Gasteiger partial charge in [0.2, 0.25) is 0 Å². The van der Waals surface area contributed by atoms with E-state index in [2.05, 4.69) is 30.9 Å². The van der Waals surface area contributed by atoms with Gasteiger partial charge < -0.3 is 29.2 Å². The van der Waals surface area contributed by atoms with Crippen molar-refractivity contribution in [3.05, 3.63) is 53.0 Å². The molecule has 0 amide bonds. The van der Waals surface area contributed by atoms with Gasteiger partial charge in [0.1, 0.15) is 41.9 Å². The van der Waals surface area contributed by atoms with Crippen molar-refractivity contribution in [1.29, 1.82) is 0 Å². The number of nitrogens with zero attached hydrogens (tertiary/aromatic N) is 4. The molecule has 4 atom stereocenters. The number of ether oxygens (including phenoxy) is 4. The Bertz CT molecular complexity index is 1520. The lowest BCUT2D eigenvalue weighted by Gasteiger charge is -2.32. The van der Waals surface area contributed by atoms with E-state index in [1.165, 1.54) is 0 Å². The monoisotopic (exact) mass is 537 g/mol. The van der Waals surface area contributed by atoms with Crippen molar-refractivity contribution < 1.29 is 18.9 Å². The van der Waals surface area contributed by atoms with Gasteiger partial charge in [-0.3, -0.25) is 0 Å². The lowest BCUT2D eigenvalue weighted by molar-refractivity contribution is -0.253. The molecule has 0 bridgehead atoms. The Labute approximate surface area is 209 Å². The highest BCUT2D eigenvalue weighted by Gasteiger charge is 2.89. The number of aromatic nitrogens is 4. The summed E-state index contributed by atoms with van der Waals surface area (Å²) in [6, 6.07) is 9.74. The highest BCUT2D eigenvalue weighted by molar-refractivity contribution is 9.10. The van der Waals surface area contributed by atoms with Crippen LogP contribution in [0.1, 0.15) is 32.2 Å². The van der Waals surface area contributed by atoms with Gasteiger partial charge >= 0.3 is 0 Å². The maximum Gasteiger partial charge on any atom is 0.168 e. The number of rotatable bonds is 4. The van der Waals surface area contributed by atoms with E-state index in [0.29, 0.717) is 18.2 Å². The van der Waals surface area contributed by atoms with Crippen molar-refractivity contribution in [2.45, 2.75) is 56.5 Å². The fourth-order valence-electron chi connectivity index (χ4n) is 5.81. The van der Waals surface area contributed by atoms with Crippen LogP contribution in [0.15, 0.2) is 47.3 Å². The van der Waals surface area contributed by atoms with Gasteiger partial charge in [0, 0.05) is 29.5 Å². The normalized spacial score (nSPS) is 30.5. The van der Waals surface area contributed by atoms with Crippen LogP contribution in [0.25, 0.3) is 21.9 Å². The van der Waals surface area contributed by atoms with E-state index in [4.69, 9.17) is 24.7 Å². The second-order valence-electron chi connectivity index (χ2n) is 9.98. The molecule has 4 aromatic rings. The molecule has 180 valence electrons. The summed E-state index contributed by atoms with van der Waals surface area (Å²) < 4.78 is 28.6. The maximum absolute atomic E-state index is 6.59. The van der Waals surface area contributed by atoms with E-state index in [0.717, 1.165) is 38.5 Å². The van der Waals surface area contributed by atoms with E-state index in [1.54, 1.807) is 6.33 Å². The SMILES string of the molecule is Cc1ncnc2c1ccn2[C@@H]1O[C@H](COc2ccc3cc(Br)c(N)nc3c2)[C@]23C[C@]12OC(C)(C)O3. The first-order valence-corrected chi connectivity index (χ1v) is 12.3. The number of aryl methyl sites for hydroxylation is 1. The molecule has 3 aliphatic rings. The third-order valence-electron chi connectivity index (χ3n) is 7.32. The minimum Gasteiger partial charge on any atom is -0.491 e. The molecular weight excluding hydrogens is 514 g/mol. The minimum atomic E-state index is -0.718. The molecule has 1 saturated carbocycles. The maximum atomic E-state index is 6.59. The molecule has 2 N–H and O–H groups in total. The minimum absolute atomic E-state index is 0.308. The van der Waals surface area contributed by atoms with Crippen molar-refractivity contribution in [2.75, 3.05) is 12.3 Å². The van der Waals surface area contributed by atoms with Gasteiger partial charge in [-0.05, 0) is 61.0 Å². The topological polar surface area (TPSA) is 107 Å². The smallest absolute Gasteiger partial charge is 0.168 e. The van der Waals surface area contributed by atoms with Crippen LogP contribution < -0.4 is 10.5 Å². The van der Waals surface area contributed by atoms with Crippen molar-refractivity contribution >= 4 is 43.7 Å². The molecule has 1 aliphatic carbocycles. The van der Waals surface area contributed by atoms with Gasteiger partial charge in [0.05, 0.1) is 15.7 Å². The van der Waals surface area contributed by atoms with Gasteiger partial charge in [-0.1, -0.05) is 0 Å². The summed E-state index contributed by atoms with van der Waals surface area (Å²) >= 11 is 3.43. The number of pyridine rings is 1. The Balaban J connectivity index is 1.21. The van der Waals surface area contributed by atoms with Crippen molar-refractivity contribution in [3.63, 3.8) is 0 Å². The van der Waals surface area contributed by atoms with E-state index in [-0.39, 0.29) is 12.3 Å². The first kappa shape index (κ1) is 21.5. The number of fused-ring (bicyclic) bond motifs is 2. The molecule has 3 aromatic heterocycles. The predicted molar refractivity (Wildman–Crippen MR) is 132 cm³/mol. The van der Waals surface area contributed by atoms with Crippen LogP contribution >= 0.6 is 15.9 Å². The summed E-state index contributed by atoms with van der Waals surface area (Å²) in [5.41, 5.74) is 7.30. The number of hydrogen-bond acceptors (Lipinski definition) is 8. The summed E-state index contributed by atoms with van der Waals surface area (Å²) in [5.74, 6) is 0.411. The van der Waals surface area contributed by atoms with Crippen molar-refractivity contribution in [3.8, 4) is 5.75 Å². The Morgan fingerprint density at radius 2 is 2.00 bits per heavy atom. The van der Waals surface area contributed by atoms with Crippen LogP contribution in [0.5, 0.6) is 5.75 Å². The second kappa shape index (κ2) is 6.91. The quantitative estimate of drug-likeness (QED) is 0.411. The fraction of sp³-hybridized carbons (Fsp3) is 0.400. The third kappa shape index (κ3) is 2.94. The molecule has 5 heterocycles. The number of hydrogen-bond donors (Lipinski definition) is 1. The molecule has 2 saturated heterocycles. The van der Waals surface area contributed by atoms with Gasteiger partial charge in [-0.2, -0.15) is 0 Å². The van der Waals surface area contributed by atoms with Crippen LogP contribution in [0.3, 0.4) is 0 Å². The Hall–Kier alpha value is -2.79. The average Bonchev–Trinajstić information content (AvgIpc) is 3.05. The second-order valence-corrected chi connectivity index (χ2v) is 10.8. The fourth-order valence-corrected chi connectivity index (χ4v) is 6.15. The Morgan fingerprint density at radius 3 is 2.86 bits per heavy atom. The summed E-state index contributed by atoms with van der Waals surface area (Å²) in [5, 5.41) is 1.97. The number of benzene rings is 1. The highest BCUT2D eigenvalue weighted by atomic mass is 79.9. The van der Waals surface area contributed by atoms with Crippen molar-refractivity contribution in [2.24, 2.45) is 0 Å². The number of nitrogen functional groups attached to an aromatic ring is 1. The van der Waals surface area contributed by atoms with E-state index < -0.39 is 17.0 Å². The first-order chi connectivity index (χ1) is 16.7. The molecule has 1 aromatic carbocycles. The average molecular weight is 538 g/mol. The molecule has 0 radical (unpaired) electrons. The summed E-state index contributed by atoms with van der Waals surface area (Å²) in [6.07, 6.45) is 3.59. The number of halogens is 1. The third-order valence-corrected chi connectivity index (χ3v) is 7.95. The Morgan fingerprint density at radius 1 is 1.17 bits per heavy atom. The lowest BCUT2D eigenvalue weighted by atomic mass is 10.1. The predicted octanol–water partition coefficient (Wildman–Crippen LogP) is 4.27. The standard InChI is InChI=1S/C25H24BrN5O4/c1-13-16-6-7-31(21(16)29-12-28-13)22-25-11-24(25,34-23(2,3)35-25)19(33-22)10-32-15-5-4-14-8-17(26)20(27)30-18(14)9-15/h4-9,12,19,22H,10-11H2,1-3H3,(H2,27,30)/t19-,22-,24-,25+/m1/s1. The lowest BCUT2D eigenvalue weighted by Crippen LogP contribution is -2.39. The van der Waals surface area contributed by atoms with Crippen LogP contribution in [0.2, 0.25) is 0 Å². The molecule has 0 spiro atoms. The van der Waals surface area contributed by atoms with Gasteiger partial charge in [0.25, 0.3) is 0 Å². The van der Waals surface area contributed by atoms with Gasteiger partial charge in [0.15, 0.2) is 17.6 Å². The molecule has 3 fully saturated rings. The molecule has 10 heteroatoms. The summed E-state index contributed by atoms with van der Waals surface area (Å²) in [4.78, 5) is 13.3. The zero-order valence-electron chi connectivity index (χ0n) is 19.5. The first-order valence-electron chi connectivity index (χ1n) is 11.5. The largest absolute Gasteiger partial charge is 0.491 e. The molecule has 7 rings (SSSR count). The highest BCUT2D eigenvalue weighted by Crippen LogP contribution is 2.73. The van der Waals surface area contributed by atoms with Crippen LogP contribution in [-0.2, 0) is 14.2 Å². The summed E-state index contributed by atoms with van der Waals surface area (Å²) in [6.45, 7) is 6.17. The number of anilines is 1. The molecule has 2 aliphatic heterocycles. The molecule has 0 unspecified atom stereocenters. The van der Waals surface area contributed by atoms with Crippen LogP contribution in [0.4, 0.5) is 5.82 Å². The zero-order valence-corrected chi connectivity index (χ0v) is 21.1. The zero-order chi connectivity index (χ0) is 24.2. The van der Waals surface area contributed by atoms with E-state index in [1.807, 2.05) is 61.9 Å². The van der Waals surface area contributed by atoms with Crippen LogP contribution in [-0.4, -0.2) is 49.2 Å². The van der Waals surface area contributed by atoms with Gasteiger partial charge in [-0.25, -0.2) is 15.0 Å². The molecular formula is C25H24BrN5O4. The number of nitrogens with two attached hydrogens (primary N) is 1. The molecule has 35 heavy (non-hydrogen) atoms. The molecule has 9 nitrogen and oxygen atoms in total. The van der Waals surface area contributed by atoms with Gasteiger partial charge in [-0.15, -0.1) is 0 Å². The van der Waals surface area contributed by atoms with E-state index >= 15 is 0 Å². The Kier molecular flexibility index (Phi) is 4.24. The van der Waals surface area contributed by atoms with Crippen molar-refractivity contribution in [1.82, 2.24) is 19.5 Å². The summed E-state index contributed by atoms with van der Waals surface area (Å²) in [7, 11) is 0.